The second kappa shape index (κ2) is 7.97. The summed E-state index contributed by atoms with van der Waals surface area (Å²) in [6, 6.07) is 15.1. The standard InChI is InChI=1S/C22H22N4O3/c1-16-5-2-9-19(21(16)26(28)29)22(27)25-13-11-24(12-14-25)15-18-7-3-6-17-8-4-10-23-20(17)18/h2-10H,11-15H2,1H3. The first-order valence-corrected chi connectivity index (χ1v) is 9.63. The molecule has 2 aromatic carbocycles. The van der Waals surface area contributed by atoms with E-state index in [1.807, 2.05) is 12.1 Å². The molecule has 0 unspecified atom stereocenters. The number of nitrogens with zero attached hydrogens (tertiary/aromatic N) is 4. The summed E-state index contributed by atoms with van der Waals surface area (Å²) in [4.78, 5) is 32.4. The summed E-state index contributed by atoms with van der Waals surface area (Å²) < 4.78 is 0. The third-order valence-electron chi connectivity index (χ3n) is 5.42. The monoisotopic (exact) mass is 390 g/mol. The van der Waals surface area contributed by atoms with Gasteiger partial charge in [0.15, 0.2) is 0 Å². The number of nitro groups is 1. The number of rotatable bonds is 4. The number of carbonyl (C=O) groups excluding carboxylic acids is 1. The molecular weight excluding hydrogens is 368 g/mol. The number of aromatic nitrogens is 1. The summed E-state index contributed by atoms with van der Waals surface area (Å²) in [5.74, 6) is -0.271. The van der Waals surface area contributed by atoms with E-state index >= 15 is 0 Å². The second-order valence-corrected chi connectivity index (χ2v) is 7.29. The number of amides is 1. The average Bonchev–Trinajstić information content (AvgIpc) is 2.73. The van der Waals surface area contributed by atoms with Gasteiger partial charge in [-0.15, -0.1) is 0 Å². The Balaban J connectivity index is 1.45. The molecule has 0 spiro atoms. The van der Waals surface area contributed by atoms with Crippen molar-refractivity contribution in [3.05, 3.63) is 81.5 Å². The number of fused-ring (bicyclic) bond motifs is 1. The molecule has 3 aromatic rings. The number of piperazine rings is 1. The first kappa shape index (κ1) is 19.0. The van der Waals surface area contributed by atoms with Crippen LogP contribution in [-0.2, 0) is 6.54 Å². The van der Waals surface area contributed by atoms with Crippen LogP contribution >= 0.6 is 0 Å². The van der Waals surface area contributed by atoms with Gasteiger partial charge in [0.05, 0.1) is 10.4 Å². The Bertz CT molecular complexity index is 1070. The number of hydrogen-bond acceptors (Lipinski definition) is 5. The maximum atomic E-state index is 12.9. The van der Waals surface area contributed by atoms with E-state index in [-0.39, 0.29) is 17.2 Å². The maximum Gasteiger partial charge on any atom is 0.285 e. The van der Waals surface area contributed by atoms with Crippen LogP contribution in [0, 0.1) is 17.0 Å². The van der Waals surface area contributed by atoms with E-state index in [1.54, 1.807) is 36.2 Å². The predicted octanol–water partition coefficient (Wildman–Crippen LogP) is 3.41. The third-order valence-corrected chi connectivity index (χ3v) is 5.42. The lowest BCUT2D eigenvalue weighted by Crippen LogP contribution is -2.48. The summed E-state index contributed by atoms with van der Waals surface area (Å²) in [6.45, 7) is 4.94. The molecule has 148 valence electrons. The van der Waals surface area contributed by atoms with E-state index in [4.69, 9.17) is 0 Å². The summed E-state index contributed by atoms with van der Waals surface area (Å²) in [6.07, 6.45) is 1.80. The zero-order valence-corrected chi connectivity index (χ0v) is 16.2. The molecule has 0 N–H and O–H groups in total. The second-order valence-electron chi connectivity index (χ2n) is 7.29. The van der Waals surface area contributed by atoms with E-state index in [9.17, 15) is 14.9 Å². The van der Waals surface area contributed by atoms with Gasteiger partial charge >= 0.3 is 0 Å². The average molecular weight is 390 g/mol. The summed E-state index contributed by atoms with van der Waals surface area (Å²) in [7, 11) is 0. The molecule has 0 aliphatic carbocycles. The highest BCUT2D eigenvalue weighted by molar-refractivity contribution is 5.98. The molecule has 1 amide bonds. The van der Waals surface area contributed by atoms with Crippen LogP contribution in [0.3, 0.4) is 0 Å². The Hall–Kier alpha value is -3.32. The first-order valence-electron chi connectivity index (χ1n) is 9.63. The lowest BCUT2D eigenvalue weighted by molar-refractivity contribution is -0.385. The fourth-order valence-electron chi connectivity index (χ4n) is 3.89. The van der Waals surface area contributed by atoms with Crippen LogP contribution in [0.5, 0.6) is 0 Å². The number of hydrogen-bond donors (Lipinski definition) is 0. The van der Waals surface area contributed by atoms with Crippen LogP contribution in [-0.4, -0.2) is 51.8 Å². The van der Waals surface area contributed by atoms with Gasteiger partial charge in [0, 0.05) is 49.9 Å². The Morgan fingerprint density at radius 1 is 1.07 bits per heavy atom. The zero-order chi connectivity index (χ0) is 20.4. The fraction of sp³-hybridized carbons (Fsp3) is 0.273. The maximum absolute atomic E-state index is 12.9. The first-order chi connectivity index (χ1) is 14.0. The van der Waals surface area contributed by atoms with Gasteiger partial charge in [-0.25, -0.2) is 0 Å². The van der Waals surface area contributed by atoms with E-state index in [0.717, 1.165) is 23.0 Å². The Kier molecular flexibility index (Phi) is 5.22. The SMILES string of the molecule is Cc1cccc(C(=O)N2CCN(Cc3cccc4cccnc34)CC2)c1[N+](=O)[O-]. The van der Waals surface area contributed by atoms with Crippen molar-refractivity contribution < 1.29 is 9.72 Å². The van der Waals surface area contributed by atoms with Crippen LogP contribution in [0.1, 0.15) is 21.5 Å². The highest BCUT2D eigenvalue weighted by Crippen LogP contribution is 2.25. The van der Waals surface area contributed by atoms with Crippen molar-refractivity contribution in [3.63, 3.8) is 0 Å². The van der Waals surface area contributed by atoms with E-state index < -0.39 is 4.92 Å². The number of benzene rings is 2. The van der Waals surface area contributed by atoms with Gasteiger partial charge in [-0.2, -0.15) is 0 Å². The lowest BCUT2D eigenvalue weighted by Gasteiger charge is -2.34. The molecule has 1 saturated heterocycles. The smallest absolute Gasteiger partial charge is 0.285 e. The predicted molar refractivity (Wildman–Crippen MR) is 111 cm³/mol. The molecule has 0 atom stereocenters. The van der Waals surface area contributed by atoms with Crippen molar-refractivity contribution in [2.75, 3.05) is 26.2 Å². The largest absolute Gasteiger partial charge is 0.336 e. The minimum absolute atomic E-state index is 0.0956. The fourth-order valence-corrected chi connectivity index (χ4v) is 3.89. The quantitative estimate of drug-likeness (QED) is 0.504. The summed E-state index contributed by atoms with van der Waals surface area (Å²) >= 11 is 0. The van der Waals surface area contributed by atoms with Gasteiger partial charge in [-0.1, -0.05) is 36.4 Å². The minimum atomic E-state index is -0.466. The highest BCUT2D eigenvalue weighted by atomic mass is 16.6. The molecule has 29 heavy (non-hydrogen) atoms. The van der Waals surface area contributed by atoms with Crippen molar-refractivity contribution in [3.8, 4) is 0 Å². The molecule has 0 radical (unpaired) electrons. The topological polar surface area (TPSA) is 79.6 Å². The van der Waals surface area contributed by atoms with Gasteiger partial charge in [0.1, 0.15) is 5.56 Å². The van der Waals surface area contributed by atoms with Gasteiger partial charge < -0.3 is 4.90 Å². The molecule has 0 bridgehead atoms. The van der Waals surface area contributed by atoms with E-state index in [1.165, 1.54) is 0 Å². The number of nitro benzene ring substituents is 1. The van der Waals surface area contributed by atoms with Crippen molar-refractivity contribution in [1.82, 2.24) is 14.8 Å². The van der Waals surface area contributed by atoms with Crippen molar-refractivity contribution in [2.45, 2.75) is 13.5 Å². The molecule has 1 aromatic heterocycles. The van der Waals surface area contributed by atoms with E-state index in [0.29, 0.717) is 31.7 Å². The normalized spacial score (nSPS) is 14.9. The van der Waals surface area contributed by atoms with Crippen molar-refractivity contribution in [2.24, 2.45) is 0 Å². The van der Waals surface area contributed by atoms with Crippen LogP contribution in [0.15, 0.2) is 54.7 Å². The minimum Gasteiger partial charge on any atom is -0.336 e. The molecular formula is C22H22N4O3. The zero-order valence-electron chi connectivity index (χ0n) is 16.2. The molecule has 1 aliphatic heterocycles. The van der Waals surface area contributed by atoms with Crippen LogP contribution in [0.4, 0.5) is 5.69 Å². The van der Waals surface area contributed by atoms with Gasteiger partial charge in [-0.3, -0.25) is 24.8 Å². The van der Waals surface area contributed by atoms with Crippen LogP contribution in [0.2, 0.25) is 0 Å². The Morgan fingerprint density at radius 3 is 2.55 bits per heavy atom. The highest BCUT2D eigenvalue weighted by Gasteiger charge is 2.28. The van der Waals surface area contributed by atoms with Gasteiger partial charge in [0.25, 0.3) is 11.6 Å². The molecule has 2 heterocycles. The van der Waals surface area contributed by atoms with Crippen LogP contribution in [0.25, 0.3) is 10.9 Å². The van der Waals surface area contributed by atoms with Gasteiger partial charge in [0.2, 0.25) is 0 Å². The van der Waals surface area contributed by atoms with Crippen molar-refractivity contribution in [1.29, 1.82) is 0 Å². The number of carbonyl (C=O) groups is 1. The van der Waals surface area contributed by atoms with Crippen molar-refractivity contribution >= 4 is 22.5 Å². The number of pyridine rings is 1. The third kappa shape index (κ3) is 3.82. The Labute approximate surface area is 168 Å². The molecule has 1 fully saturated rings. The van der Waals surface area contributed by atoms with E-state index in [2.05, 4.69) is 28.1 Å². The van der Waals surface area contributed by atoms with Gasteiger partial charge in [-0.05, 0) is 24.6 Å². The summed E-state index contributed by atoms with van der Waals surface area (Å²) in [5.41, 5.74) is 2.74. The molecule has 0 saturated carbocycles. The number of para-hydroxylation sites is 2. The number of aryl methyl sites for hydroxylation is 1. The molecule has 7 heteroatoms. The summed E-state index contributed by atoms with van der Waals surface area (Å²) in [5, 5.41) is 12.5. The molecule has 7 nitrogen and oxygen atoms in total. The van der Waals surface area contributed by atoms with Crippen LogP contribution < -0.4 is 0 Å². The lowest BCUT2D eigenvalue weighted by atomic mass is 10.1. The Morgan fingerprint density at radius 2 is 1.79 bits per heavy atom. The molecule has 4 rings (SSSR count). The molecule has 1 aliphatic rings.